The van der Waals surface area contributed by atoms with Gasteiger partial charge < -0.3 is 4.57 Å². The third-order valence-corrected chi connectivity index (χ3v) is 3.28. The third kappa shape index (κ3) is 2.57. The maximum absolute atomic E-state index is 11.2. The first-order valence-electron chi connectivity index (χ1n) is 6.28. The SMILES string of the molecule is CCC(=O)CCCn1ccc2c(C)cccc21. The lowest BCUT2D eigenvalue weighted by Gasteiger charge is -2.05. The van der Waals surface area contributed by atoms with E-state index in [1.807, 2.05) is 6.92 Å². The van der Waals surface area contributed by atoms with Crippen LogP contribution >= 0.6 is 0 Å². The van der Waals surface area contributed by atoms with Crippen molar-refractivity contribution < 1.29 is 4.79 Å². The summed E-state index contributed by atoms with van der Waals surface area (Å²) in [6, 6.07) is 8.52. The number of ketones is 1. The monoisotopic (exact) mass is 229 g/mol. The second kappa shape index (κ2) is 5.17. The molecule has 0 aliphatic heterocycles. The molecule has 0 fully saturated rings. The van der Waals surface area contributed by atoms with Crippen molar-refractivity contribution in [3.8, 4) is 0 Å². The van der Waals surface area contributed by atoms with Gasteiger partial charge in [-0.05, 0) is 31.0 Å². The van der Waals surface area contributed by atoms with Gasteiger partial charge in [-0.2, -0.15) is 0 Å². The minimum atomic E-state index is 0.359. The van der Waals surface area contributed by atoms with Gasteiger partial charge in [-0.3, -0.25) is 4.79 Å². The number of hydrogen-bond donors (Lipinski definition) is 0. The largest absolute Gasteiger partial charge is 0.347 e. The fraction of sp³-hybridized carbons (Fsp3) is 0.400. The molecule has 0 N–H and O–H groups in total. The Morgan fingerprint density at radius 2 is 2.12 bits per heavy atom. The molecule has 2 rings (SSSR count). The Morgan fingerprint density at radius 1 is 1.29 bits per heavy atom. The lowest BCUT2D eigenvalue weighted by atomic mass is 10.1. The van der Waals surface area contributed by atoms with Crippen LogP contribution in [0.5, 0.6) is 0 Å². The van der Waals surface area contributed by atoms with Crippen LogP contribution in [-0.2, 0) is 11.3 Å². The molecule has 0 aliphatic rings. The first-order chi connectivity index (χ1) is 8.22. The molecule has 90 valence electrons. The number of hydrogen-bond acceptors (Lipinski definition) is 1. The van der Waals surface area contributed by atoms with Crippen LogP contribution in [-0.4, -0.2) is 10.4 Å². The van der Waals surface area contributed by atoms with Crippen molar-refractivity contribution in [2.45, 2.75) is 39.7 Å². The second-order valence-corrected chi connectivity index (χ2v) is 4.51. The molecular weight excluding hydrogens is 210 g/mol. The average molecular weight is 229 g/mol. The molecule has 0 unspecified atom stereocenters. The highest BCUT2D eigenvalue weighted by Crippen LogP contribution is 2.19. The highest BCUT2D eigenvalue weighted by atomic mass is 16.1. The number of fused-ring (bicyclic) bond motifs is 1. The molecule has 0 amide bonds. The van der Waals surface area contributed by atoms with Crippen molar-refractivity contribution in [1.82, 2.24) is 4.57 Å². The molecule has 0 saturated carbocycles. The summed E-state index contributed by atoms with van der Waals surface area (Å²) < 4.78 is 2.24. The minimum absolute atomic E-state index is 0.359. The van der Waals surface area contributed by atoms with Crippen molar-refractivity contribution >= 4 is 16.7 Å². The summed E-state index contributed by atoms with van der Waals surface area (Å²) in [4.78, 5) is 11.2. The summed E-state index contributed by atoms with van der Waals surface area (Å²) >= 11 is 0. The van der Waals surface area contributed by atoms with Gasteiger partial charge in [0.05, 0.1) is 0 Å². The van der Waals surface area contributed by atoms with Gasteiger partial charge in [0, 0.05) is 36.5 Å². The molecule has 0 saturated heterocycles. The molecule has 2 aromatic rings. The molecule has 17 heavy (non-hydrogen) atoms. The van der Waals surface area contributed by atoms with Gasteiger partial charge in [0.2, 0.25) is 0 Å². The van der Waals surface area contributed by atoms with Crippen LogP contribution in [0.25, 0.3) is 10.9 Å². The molecular formula is C15H19NO. The van der Waals surface area contributed by atoms with E-state index in [0.29, 0.717) is 18.6 Å². The minimum Gasteiger partial charge on any atom is -0.347 e. The molecule has 1 aromatic heterocycles. The summed E-state index contributed by atoms with van der Waals surface area (Å²) in [5.74, 6) is 0.359. The number of aryl methyl sites for hydroxylation is 2. The van der Waals surface area contributed by atoms with Crippen molar-refractivity contribution in [1.29, 1.82) is 0 Å². The van der Waals surface area contributed by atoms with Crippen molar-refractivity contribution in [2.24, 2.45) is 0 Å². The van der Waals surface area contributed by atoms with Gasteiger partial charge in [-0.25, -0.2) is 0 Å². The highest BCUT2D eigenvalue weighted by Gasteiger charge is 2.03. The fourth-order valence-corrected chi connectivity index (χ4v) is 2.20. The fourth-order valence-electron chi connectivity index (χ4n) is 2.20. The molecule has 0 spiro atoms. The molecule has 2 heteroatoms. The van der Waals surface area contributed by atoms with Gasteiger partial charge >= 0.3 is 0 Å². The van der Waals surface area contributed by atoms with Crippen molar-refractivity contribution in [3.63, 3.8) is 0 Å². The topological polar surface area (TPSA) is 22.0 Å². The zero-order valence-electron chi connectivity index (χ0n) is 10.6. The first kappa shape index (κ1) is 11.9. The smallest absolute Gasteiger partial charge is 0.132 e. The maximum Gasteiger partial charge on any atom is 0.132 e. The van der Waals surface area contributed by atoms with Crippen LogP contribution in [0.2, 0.25) is 0 Å². The summed E-state index contributed by atoms with van der Waals surface area (Å²) in [6.45, 7) is 4.99. The number of nitrogens with zero attached hydrogens (tertiary/aromatic N) is 1. The number of carbonyl (C=O) groups excluding carboxylic acids is 1. The van der Waals surface area contributed by atoms with Gasteiger partial charge in [-0.1, -0.05) is 19.1 Å². The van der Waals surface area contributed by atoms with E-state index in [9.17, 15) is 4.79 Å². The van der Waals surface area contributed by atoms with Gasteiger partial charge in [0.15, 0.2) is 0 Å². The van der Waals surface area contributed by atoms with Crippen LogP contribution in [0.15, 0.2) is 30.5 Å². The van der Waals surface area contributed by atoms with E-state index < -0.39 is 0 Å². The lowest BCUT2D eigenvalue weighted by molar-refractivity contribution is -0.118. The van der Waals surface area contributed by atoms with Crippen molar-refractivity contribution in [3.05, 3.63) is 36.0 Å². The Balaban J connectivity index is 2.09. The number of rotatable bonds is 5. The summed E-state index contributed by atoms with van der Waals surface area (Å²) in [5.41, 5.74) is 2.58. The molecule has 0 radical (unpaired) electrons. The van der Waals surface area contributed by atoms with Crippen LogP contribution in [0.3, 0.4) is 0 Å². The Labute approximate surface area is 102 Å². The zero-order chi connectivity index (χ0) is 12.3. The first-order valence-corrected chi connectivity index (χ1v) is 6.28. The Hall–Kier alpha value is -1.57. The maximum atomic E-state index is 11.2. The van der Waals surface area contributed by atoms with E-state index in [4.69, 9.17) is 0 Å². The molecule has 0 bridgehead atoms. The van der Waals surface area contributed by atoms with E-state index in [0.717, 1.165) is 13.0 Å². The van der Waals surface area contributed by atoms with E-state index in [1.165, 1.54) is 16.5 Å². The normalized spacial score (nSPS) is 10.9. The van der Waals surface area contributed by atoms with Gasteiger partial charge in [0.25, 0.3) is 0 Å². The number of aromatic nitrogens is 1. The summed E-state index contributed by atoms with van der Waals surface area (Å²) in [5, 5.41) is 1.31. The summed E-state index contributed by atoms with van der Waals surface area (Å²) in [7, 11) is 0. The highest BCUT2D eigenvalue weighted by molar-refractivity contribution is 5.83. The van der Waals surface area contributed by atoms with E-state index >= 15 is 0 Å². The number of Topliss-reactive ketones (excluding diaryl/α,β-unsaturated/α-hetero) is 1. The van der Waals surface area contributed by atoms with Gasteiger partial charge in [0.1, 0.15) is 5.78 Å². The van der Waals surface area contributed by atoms with Gasteiger partial charge in [-0.15, -0.1) is 0 Å². The average Bonchev–Trinajstić information content (AvgIpc) is 2.74. The van der Waals surface area contributed by atoms with Crippen LogP contribution in [0.1, 0.15) is 31.7 Å². The predicted octanol–water partition coefficient (Wildman–Crippen LogP) is 3.71. The quantitative estimate of drug-likeness (QED) is 0.766. The van der Waals surface area contributed by atoms with E-state index in [1.54, 1.807) is 0 Å². The summed E-state index contributed by atoms with van der Waals surface area (Å²) in [6.07, 6.45) is 4.41. The second-order valence-electron chi connectivity index (χ2n) is 4.51. The Bertz CT molecular complexity index is 525. The lowest BCUT2D eigenvalue weighted by Crippen LogP contribution is -2.00. The molecule has 1 heterocycles. The van der Waals surface area contributed by atoms with Crippen LogP contribution in [0.4, 0.5) is 0 Å². The molecule has 2 nitrogen and oxygen atoms in total. The van der Waals surface area contributed by atoms with E-state index in [-0.39, 0.29) is 0 Å². The van der Waals surface area contributed by atoms with Crippen molar-refractivity contribution in [2.75, 3.05) is 0 Å². The van der Waals surface area contributed by atoms with Crippen LogP contribution < -0.4 is 0 Å². The molecule has 0 atom stereocenters. The predicted molar refractivity (Wildman–Crippen MR) is 71.2 cm³/mol. The molecule has 1 aromatic carbocycles. The van der Waals surface area contributed by atoms with E-state index in [2.05, 4.69) is 42.0 Å². The standard InChI is InChI=1S/C15H19NO/c1-3-13(17)7-5-10-16-11-9-14-12(2)6-4-8-15(14)16/h4,6,8-9,11H,3,5,7,10H2,1-2H3. The third-order valence-electron chi connectivity index (χ3n) is 3.28. The number of carbonyl (C=O) groups is 1. The van der Waals surface area contributed by atoms with Crippen LogP contribution in [0, 0.1) is 6.92 Å². The Morgan fingerprint density at radius 3 is 2.88 bits per heavy atom. The molecule has 0 aliphatic carbocycles. The number of benzene rings is 1. The Kier molecular flexibility index (Phi) is 3.62. The zero-order valence-corrected chi connectivity index (χ0v) is 10.6.